The van der Waals surface area contributed by atoms with Crippen molar-refractivity contribution in [1.29, 1.82) is 0 Å². The van der Waals surface area contributed by atoms with Gasteiger partial charge >= 0.3 is 0 Å². The van der Waals surface area contributed by atoms with E-state index in [0.717, 1.165) is 5.56 Å². The highest BCUT2D eigenvalue weighted by atomic mass is 32.3. The van der Waals surface area contributed by atoms with Gasteiger partial charge in [-0.25, -0.2) is 26.8 Å². The molecule has 0 bridgehead atoms. The first kappa shape index (κ1) is 27.1. The van der Waals surface area contributed by atoms with Crippen LogP contribution in [0.25, 0.3) is 16.9 Å². The molecular formula is C26H19N3O9S2-2. The first-order chi connectivity index (χ1) is 18.9. The van der Waals surface area contributed by atoms with Gasteiger partial charge in [0.05, 0.1) is 11.4 Å². The highest BCUT2D eigenvalue weighted by Crippen LogP contribution is 2.29. The maximum absolute atomic E-state index is 11.1. The lowest BCUT2D eigenvalue weighted by Gasteiger charge is -2.11. The SMILES string of the molecule is O=S(=O)([O-])Oc1ccc(Cc2nc3c(Cc4ccccc4)nc(-c4ccc(OS(=O)(=O)[O-])cc4)cn3c2O)cc1. The molecule has 3 aromatic carbocycles. The summed E-state index contributed by atoms with van der Waals surface area (Å²) in [6, 6.07) is 20.9. The smallest absolute Gasteiger partial charge is 0.262 e. The van der Waals surface area contributed by atoms with E-state index >= 15 is 0 Å². The summed E-state index contributed by atoms with van der Waals surface area (Å²) in [6.45, 7) is 0. The standard InChI is InChI=1S/C26H21N3O9S2/c30-26-23(15-18-6-10-20(11-7-18)37-39(31,32)33)28-25-22(14-17-4-2-1-3-5-17)27-24(16-29(25)26)19-8-12-21(13-9-19)38-40(34,35)36/h1-13,16,30H,14-15H2,(H,31,32,33)(H,34,35,36)/p-2. The molecule has 0 radical (unpaired) electrons. The van der Waals surface area contributed by atoms with Crippen LogP contribution in [0.15, 0.2) is 85.1 Å². The molecule has 0 saturated carbocycles. The number of rotatable bonds is 9. The molecule has 2 heterocycles. The van der Waals surface area contributed by atoms with Crippen LogP contribution in [-0.2, 0) is 33.6 Å². The molecule has 2 aromatic heterocycles. The van der Waals surface area contributed by atoms with Crippen LogP contribution in [0.5, 0.6) is 17.4 Å². The van der Waals surface area contributed by atoms with Crippen LogP contribution in [0.2, 0.25) is 0 Å². The van der Waals surface area contributed by atoms with Crippen molar-refractivity contribution in [3.05, 3.63) is 108 Å². The average molecular weight is 582 g/mol. The highest BCUT2D eigenvalue weighted by molar-refractivity contribution is 7.81. The maximum atomic E-state index is 11.1. The van der Waals surface area contributed by atoms with Gasteiger partial charge in [0.15, 0.2) is 5.65 Å². The van der Waals surface area contributed by atoms with E-state index in [2.05, 4.69) is 13.4 Å². The summed E-state index contributed by atoms with van der Waals surface area (Å²) in [7, 11) is -9.82. The first-order valence-corrected chi connectivity index (χ1v) is 14.2. The second-order valence-electron chi connectivity index (χ2n) is 8.64. The molecule has 5 aromatic rings. The van der Waals surface area contributed by atoms with Crippen LogP contribution in [0.1, 0.15) is 22.5 Å². The Kier molecular flexibility index (Phi) is 7.16. The van der Waals surface area contributed by atoms with E-state index in [1.165, 1.54) is 40.8 Å². The number of nitrogens with zero attached hydrogens (tertiary/aromatic N) is 3. The molecule has 0 spiro atoms. The lowest BCUT2D eigenvalue weighted by molar-refractivity contribution is 0.370. The monoisotopic (exact) mass is 581 g/mol. The Morgan fingerprint density at radius 2 is 1.23 bits per heavy atom. The van der Waals surface area contributed by atoms with E-state index in [4.69, 9.17) is 4.98 Å². The summed E-state index contributed by atoms with van der Waals surface area (Å²) in [4.78, 5) is 9.39. The molecule has 1 N–H and O–H groups in total. The quantitative estimate of drug-likeness (QED) is 0.199. The molecule has 0 fully saturated rings. The van der Waals surface area contributed by atoms with Gasteiger partial charge in [-0.1, -0.05) is 42.5 Å². The Labute approximate surface area is 229 Å². The molecule has 0 amide bonds. The number of hydrogen-bond acceptors (Lipinski definition) is 11. The highest BCUT2D eigenvalue weighted by Gasteiger charge is 2.18. The van der Waals surface area contributed by atoms with Crippen LogP contribution >= 0.6 is 0 Å². The van der Waals surface area contributed by atoms with E-state index in [0.29, 0.717) is 40.3 Å². The maximum Gasteiger partial charge on any atom is 0.262 e. The summed E-state index contributed by atoms with van der Waals surface area (Å²) in [6.07, 6.45) is 2.14. The molecule has 206 valence electrons. The average Bonchev–Trinajstić information content (AvgIpc) is 3.20. The molecule has 0 unspecified atom stereocenters. The third-order valence-corrected chi connectivity index (χ3v) is 6.57. The third kappa shape index (κ3) is 6.55. The van der Waals surface area contributed by atoms with Crippen LogP contribution in [0, 0.1) is 0 Å². The fourth-order valence-corrected chi connectivity index (χ4v) is 4.78. The van der Waals surface area contributed by atoms with E-state index in [-0.39, 0.29) is 23.8 Å². The van der Waals surface area contributed by atoms with Crippen molar-refractivity contribution in [2.75, 3.05) is 0 Å². The fraction of sp³-hybridized carbons (Fsp3) is 0.0769. The summed E-state index contributed by atoms with van der Waals surface area (Å²) in [5.74, 6) is -0.435. The van der Waals surface area contributed by atoms with Gasteiger partial charge in [-0.2, -0.15) is 0 Å². The summed E-state index contributed by atoms with van der Waals surface area (Å²) >= 11 is 0. The normalized spacial score (nSPS) is 11.9. The van der Waals surface area contributed by atoms with E-state index < -0.39 is 20.8 Å². The van der Waals surface area contributed by atoms with E-state index in [9.17, 15) is 31.0 Å². The molecule has 14 heteroatoms. The van der Waals surface area contributed by atoms with Crippen LogP contribution in [0.3, 0.4) is 0 Å². The molecule has 0 aliphatic carbocycles. The number of benzene rings is 3. The molecule has 12 nitrogen and oxygen atoms in total. The molecule has 0 saturated heterocycles. The van der Waals surface area contributed by atoms with Crippen LogP contribution < -0.4 is 8.37 Å². The zero-order valence-electron chi connectivity index (χ0n) is 20.4. The second kappa shape index (κ2) is 10.6. The summed E-state index contributed by atoms with van der Waals surface area (Å²) in [5.41, 5.74) is 3.90. The number of aromatic hydroxyl groups is 1. The number of fused-ring (bicyclic) bond motifs is 1. The van der Waals surface area contributed by atoms with E-state index in [1.54, 1.807) is 18.3 Å². The molecule has 40 heavy (non-hydrogen) atoms. The summed E-state index contributed by atoms with van der Waals surface area (Å²) < 4.78 is 75.3. The predicted octanol–water partition coefficient (Wildman–Crippen LogP) is 2.96. The van der Waals surface area contributed by atoms with Crippen molar-refractivity contribution in [3.63, 3.8) is 0 Å². The van der Waals surface area contributed by atoms with Crippen molar-refractivity contribution in [2.45, 2.75) is 12.8 Å². The minimum atomic E-state index is -4.92. The predicted molar refractivity (Wildman–Crippen MR) is 139 cm³/mol. The molecule has 0 aliphatic rings. The van der Waals surface area contributed by atoms with Crippen molar-refractivity contribution >= 4 is 26.4 Å². The van der Waals surface area contributed by atoms with Gasteiger partial charge in [0.25, 0.3) is 20.8 Å². The Hall–Kier alpha value is -4.50. The van der Waals surface area contributed by atoms with Crippen molar-refractivity contribution < 1.29 is 39.4 Å². The van der Waals surface area contributed by atoms with Crippen molar-refractivity contribution in [3.8, 4) is 28.6 Å². The summed E-state index contributed by atoms with van der Waals surface area (Å²) in [5, 5.41) is 11.1. The van der Waals surface area contributed by atoms with E-state index in [1.807, 2.05) is 30.3 Å². The fourth-order valence-electron chi connectivity index (χ4n) is 4.08. The largest absolute Gasteiger partial charge is 0.716 e. The van der Waals surface area contributed by atoms with Gasteiger partial charge < -0.3 is 22.6 Å². The number of aromatic nitrogens is 3. The Morgan fingerprint density at radius 3 is 1.80 bits per heavy atom. The van der Waals surface area contributed by atoms with Crippen molar-refractivity contribution in [2.24, 2.45) is 0 Å². The molecular weight excluding hydrogens is 562 g/mol. The first-order valence-electron chi connectivity index (χ1n) is 11.6. The van der Waals surface area contributed by atoms with Gasteiger partial charge in [-0.15, -0.1) is 0 Å². The van der Waals surface area contributed by atoms with Gasteiger partial charge in [0, 0.05) is 24.6 Å². The Morgan fingerprint density at radius 1 is 0.700 bits per heavy atom. The van der Waals surface area contributed by atoms with Gasteiger partial charge in [-0.3, -0.25) is 4.40 Å². The van der Waals surface area contributed by atoms with Gasteiger partial charge in [0.1, 0.15) is 17.2 Å². The third-order valence-electron chi connectivity index (χ3n) is 5.78. The zero-order chi connectivity index (χ0) is 28.5. The minimum absolute atomic E-state index is 0.138. The lowest BCUT2D eigenvalue weighted by Crippen LogP contribution is -2.06. The van der Waals surface area contributed by atoms with Gasteiger partial charge in [0.2, 0.25) is 5.88 Å². The number of hydrogen-bond donors (Lipinski definition) is 1. The Balaban J connectivity index is 1.53. The number of imidazole rings is 1. The minimum Gasteiger partial charge on any atom is -0.716 e. The van der Waals surface area contributed by atoms with Crippen LogP contribution in [-0.4, -0.2) is 45.4 Å². The van der Waals surface area contributed by atoms with Crippen LogP contribution in [0.4, 0.5) is 0 Å². The molecule has 5 rings (SSSR count). The molecule has 0 aliphatic heterocycles. The molecule has 0 atom stereocenters. The second-order valence-corrected chi connectivity index (χ2v) is 10.6. The van der Waals surface area contributed by atoms with Gasteiger partial charge in [-0.05, 0) is 47.5 Å². The topological polar surface area (TPSA) is 183 Å². The Bertz CT molecular complexity index is 1890. The van der Waals surface area contributed by atoms with Crippen molar-refractivity contribution in [1.82, 2.24) is 14.4 Å². The zero-order valence-corrected chi connectivity index (χ0v) is 22.0. The lowest BCUT2D eigenvalue weighted by atomic mass is 10.1.